The van der Waals surface area contributed by atoms with Gasteiger partial charge in [0, 0.05) is 36.2 Å². The van der Waals surface area contributed by atoms with Gasteiger partial charge in [-0.1, -0.05) is 36.4 Å². The van der Waals surface area contributed by atoms with Crippen LogP contribution in [0.4, 0.5) is 36.3 Å². The van der Waals surface area contributed by atoms with E-state index in [0.29, 0.717) is 35.7 Å². The third kappa shape index (κ3) is 6.62. The van der Waals surface area contributed by atoms with Crippen LogP contribution in [0.2, 0.25) is 0 Å². The molecule has 4 aromatic rings. The highest BCUT2D eigenvalue weighted by molar-refractivity contribution is 7.89. The fourth-order valence-corrected chi connectivity index (χ4v) is 5.78. The lowest BCUT2D eigenvalue weighted by Gasteiger charge is -2.27. The number of aromatic nitrogens is 2. The standard InChI is InChI=1S/C30H29F3N6O3S/c1-29(2,24-9-3-4-10-25(24)30(31,32)33)27(40)37-20-13-11-19(12-14-20)23-18-35-28-38-21-7-5-8-22(17-21)43(41,42)36-16-6-15-34-26(23)39-28/h3-5,7-14,17-18,36H,6,15-16H2,1-2H3,(H,37,40)(H2,34,35,38,39). The quantitative estimate of drug-likeness (QED) is 0.226. The van der Waals surface area contributed by atoms with Crippen molar-refractivity contribution in [1.29, 1.82) is 0 Å². The molecular formula is C30H29F3N6O3S. The van der Waals surface area contributed by atoms with Crippen LogP contribution < -0.4 is 20.7 Å². The number of carbonyl (C=O) groups excluding carboxylic acids is 1. The van der Waals surface area contributed by atoms with Crippen molar-refractivity contribution in [3.05, 3.63) is 90.1 Å². The number of nitrogens with one attached hydrogen (secondary N) is 4. The Kier molecular flexibility index (Phi) is 8.12. The molecule has 9 nitrogen and oxygen atoms in total. The number of amides is 1. The zero-order chi connectivity index (χ0) is 30.8. The van der Waals surface area contributed by atoms with E-state index in [0.717, 1.165) is 11.6 Å². The zero-order valence-electron chi connectivity index (χ0n) is 23.3. The van der Waals surface area contributed by atoms with Crippen LogP contribution in [0.1, 0.15) is 31.4 Å². The first-order chi connectivity index (χ1) is 20.3. The van der Waals surface area contributed by atoms with Crippen molar-refractivity contribution in [3.63, 3.8) is 0 Å². The van der Waals surface area contributed by atoms with Crippen LogP contribution in [0.15, 0.2) is 83.9 Å². The summed E-state index contributed by atoms with van der Waals surface area (Å²) in [6, 6.07) is 18.2. The largest absolute Gasteiger partial charge is 0.416 e. The van der Waals surface area contributed by atoms with Crippen molar-refractivity contribution < 1.29 is 26.4 Å². The van der Waals surface area contributed by atoms with Crippen molar-refractivity contribution in [3.8, 4) is 11.1 Å². The molecule has 1 aliphatic rings. The summed E-state index contributed by atoms with van der Waals surface area (Å²) in [6.45, 7) is 3.55. The second kappa shape index (κ2) is 11.7. The molecule has 0 atom stereocenters. The van der Waals surface area contributed by atoms with Gasteiger partial charge in [0.2, 0.25) is 21.9 Å². The molecule has 0 fully saturated rings. The molecule has 5 rings (SSSR count). The second-order valence-corrected chi connectivity index (χ2v) is 12.3. The van der Waals surface area contributed by atoms with Crippen LogP contribution in [-0.2, 0) is 26.4 Å². The number of anilines is 4. The van der Waals surface area contributed by atoms with Crippen molar-refractivity contribution >= 4 is 39.1 Å². The molecule has 1 amide bonds. The van der Waals surface area contributed by atoms with Gasteiger partial charge in [-0.2, -0.15) is 18.2 Å². The van der Waals surface area contributed by atoms with E-state index >= 15 is 0 Å². The Morgan fingerprint density at radius 1 is 0.930 bits per heavy atom. The molecule has 1 aromatic heterocycles. The summed E-state index contributed by atoms with van der Waals surface area (Å²) in [5.74, 6) is 0.186. The summed E-state index contributed by atoms with van der Waals surface area (Å²) < 4.78 is 68.6. The lowest BCUT2D eigenvalue weighted by atomic mass is 9.80. The van der Waals surface area contributed by atoms with Gasteiger partial charge in [0.25, 0.3) is 0 Å². The number of nitrogens with zero attached hydrogens (tertiary/aromatic N) is 2. The Labute approximate surface area is 247 Å². The maximum atomic E-state index is 13.6. The molecular weight excluding hydrogens is 581 g/mol. The number of alkyl halides is 3. The van der Waals surface area contributed by atoms with Gasteiger partial charge in [-0.15, -0.1) is 0 Å². The third-order valence-electron chi connectivity index (χ3n) is 7.05. The summed E-state index contributed by atoms with van der Waals surface area (Å²) in [5.41, 5.74) is -0.142. The molecule has 0 saturated carbocycles. The average Bonchev–Trinajstić information content (AvgIpc) is 2.97. The second-order valence-electron chi connectivity index (χ2n) is 10.5. The summed E-state index contributed by atoms with van der Waals surface area (Å²) in [5, 5.41) is 9.01. The molecule has 4 N–H and O–H groups in total. The summed E-state index contributed by atoms with van der Waals surface area (Å²) >= 11 is 0. The molecule has 0 spiro atoms. The highest BCUT2D eigenvalue weighted by Gasteiger charge is 2.40. The van der Waals surface area contributed by atoms with E-state index in [9.17, 15) is 26.4 Å². The van der Waals surface area contributed by atoms with Crippen LogP contribution in [-0.4, -0.2) is 37.4 Å². The molecule has 4 bridgehead atoms. The number of rotatable bonds is 4. The lowest BCUT2D eigenvalue weighted by molar-refractivity contribution is -0.139. The predicted octanol–water partition coefficient (Wildman–Crippen LogP) is 5.92. The van der Waals surface area contributed by atoms with Gasteiger partial charge in [0.15, 0.2) is 0 Å². The van der Waals surface area contributed by atoms with Crippen LogP contribution in [0.3, 0.4) is 0 Å². The normalized spacial score (nSPS) is 15.1. The molecule has 0 saturated heterocycles. The highest BCUT2D eigenvalue weighted by atomic mass is 32.2. The Hall–Kier alpha value is -4.49. The smallest absolute Gasteiger partial charge is 0.369 e. The first-order valence-corrected chi connectivity index (χ1v) is 14.9. The van der Waals surface area contributed by atoms with Crippen LogP contribution >= 0.6 is 0 Å². The summed E-state index contributed by atoms with van der Waals surface area (Å²) in [4.78, 5) is 22.3. The van der Waals surface area contributed by atoms with E-state index in [1.165, 1.54) is 44.2 Å². The SMILES string of the molecule is CC(C)(C(=O)Nc1ccc(-c2cnc3nc2NCCCNS(=O)(=O)c2cccc(c2)N3)cc1)c1ccccc1C(F)(F)F. The van der Waals surface area contributed by atoms with E-state index in [-0.39, 0.29) is 23.0 Å². The van der Waals surface area contributed by atoms with E-state index in [2.05, 4.69) is 30.6 Å². The summed E-state index contributed by atoms with van der Waals surface area (Å²) in [7, 11) is -3.67. The average molecular weight is 611 g/mol. The molecule has 1 aliphatic heterocycles. The minimum absolute atomic E-state index is 0.118. The zero-order valence-corrected chi connectivity index (χ0v) is 24.1. The number of benzene rings is 3. The highest BCUT2D eigenvalue weighted by Crippen LogP contribution is 2.38. The molecule has 0 aliphatic carbocycles. The van der Waals surface area contributed by atoms with Crippen molar-refractivity contribution in [1.82, 2.24) is 14.7 Å². The van der Waals surface area contributed by atoms with E-state index in [4.69, 9.17) is 0 Å². The summed E-state index contributed by atoms with van der Waals surface area (Å²) in [6.07, 6.45) is -2.48. The first kappa shape index (κ1) is 30.0. The number of halogens is 3. The predicted molar refractivity (Wildman–Crippen MR) is 159 cm³/mol. The number of sulfonamides is 1. The van der Waals surface area contributed by atoms with Crippen molar-refractivity contribution in [2.45, 2.75) is 36.8 Å². The van der Waals surface area contributed by atoms with Gasteiger partial charge < -0.3 is 16.0 Å². The van der Waals surface area contributed by atoms with E-state index in [1.54, 1.807) is 42.6 Å². The Morgan fingerprint density at radius 3 is 2.37 bits per heavy atom. The van der Waals surface area contributed by atoms with Gasteiger partial charge in [0.1, 0.15) is 5.82 Å². The Morgan fingerprint density at radius 2 is 1.65 bits per heavy atom. The third-order valence-corrected chi connectivity index (χ3v) is 8.51. The van der Waals surface area contributed by atoms with Gasteiger partial charge in [-0.05, 0) is 67.8 Å². The minimum Gasteiger partial charge on any atom is -0.369 e. The topological polar surface area (TPSA) is 125 Å². The fourth-order valence-electron chi connectivity index (χ4n) is 4.66. The number of hydrogen-bond donors (Lipinski definition) is 4. The Balaban J connectivity index is 1.38. The maximum Gasteiger partial charge on any atom is 0.416 e. The molecule has 2 heterocycles. The number of hydrogen-bond acceptors (Lipinski definition) is 7. The molecule has 0 radical (unpaired) electrons. The molecule has 224 valence electrons. The Bertz CT molecular complexity index is 1760. The first-order valence-electron chi connectivity index (χ1n) is 13.4. The maximum absolute atomic E-state index is 13.6. The van der Waals surface area contributed by atoms with Crippen LogP contribution in [0.25, 0.3) is 11.1 Å². The lowest BCUT2D eigenvalue weighted by Crippen LogP contribution is -2.36. The van der Waals surface area contributed by atoms with Crippen LogP contribution in [0, 0.1) is 0 Å². The molecule has 43 heavy (non-hydrogen) atoms. The van der Waals surface area contributed by atoms with Gasteiger partial charge in [-0.3, -0.25) is 4.79 Å². The monoisotopic (exact) mass is 610 g/mol. The fraction of sp³-hybridized carbons (Fsp3) is 0.233. The number of carbonyl (C=O) groups is 1. The van der Waals surface area contributed by atoms with E-state index < -0.39 is 33.1 Å². The van der Waals surface area contributed by atoms with Gasteiger partial charge >= 0.3 is 6.18 Å². The van der Waals surface area contributed by atoms with E-state index in [1.807, 2.05) is 0 Å². The number of fused-ring (bicyclic) bond motifs is 4. The van der Waals surface area contributed by atoms with Gasteiger partial charge in [-0.25, -0.2) is 18.1 Å². The molecule has 13 heteroatoms. The molecule has 0 unspecified atom stereocenters. The van der Waals surface area contributed by atoms with Crippen molar-refractivity contribution in [2.75, 3.05) is 29.0 Å². The van der Waals surface area contributed by atoms with Crippen LogP contribution in [0.5, 0.6) is 0 Å². The minimum atomic E-state index is -4.59. The van der Waals surface area contributed by atoms with Crippen molar-refractivity contribution in [2.24, 2.45) is 0 Å². The molecule has 3 aromatic carbocycles. The van der Waals surface area contributed by atoms with Gasteiger partial charge in [0.05, 0.1) is 15.9 Å².